The first-order valence-corrected chi connectivity index (χ1v) is 10.3. The van der Waals surface area contributed by atoms with Gasteiger partial charge in [0.2, 0.25) is 11.8 Å². The molecule has 2 saturated carbocycles. The van der Waals surface area contributed by atoms with Crippen LogP contribution in [0.25, 0.3) is 0 Å². The van der Waals surface area contributed by atoms with Crippen LogP contribution in [0.3, 0.4) is 0 Å². The number of carbonyl (C=O) groups excluding carboxylic acids is 4. The number of nitro benzene ring substituents is 1. The normalized spacial score (nSPS) is 31.9. The number of esters is 1. The summed E-state index contributed by atoms with van der Waals surface area (Å²) in [5, 5.41) is 10.7. The van der Waals surface area contributed by atoms with Gasteiger partial charge in [0.25, 0.3) is 5.69 Å². The van der Waals surface area contributed by atoms with Gasteiger partial charge in [0, 0.05) is 24.2 Å². The van der Waals surface area contributed by atoms with Crippen molar-refractivity contribution in [3.63, 3.8) is 0 Å². The molecule has 4 aliphatic carbocycles. The van der Waals surface area contributed by atoms with Gasteiger partial charge in [-0.15, -0.1) is 0 Å². The summed E-state index contributed by atoms with van der Waals surface area (Å²) < 4.78 is 4.98. The molecule has 2 bridgehead atoms. The van der Waals surface area contributed by atoms with Crippen LogP contribution in [-0.4, -0.2) is 46.5 Å². The minimum Gasteiger partial charge on any atom is -0.457 e. The Morgan fingerprint density at radius 3 is 2.16 bits per heavy atom. The lowest BCUT2D eigenvalue weighted by molar-refractivity contribution is -0.384. The van der Waals surface area contributed by atoms with E-state index in [0.29, 0.717) is 11.8 Å². The smallest absolute Gasteiger partial charge is 0.308 e. The van der Waals surface area contributed by atoms with E-state index >= 15 is 0 Å². The highest BCUT2D eigenvalue weighted by atomic mass is 16.6. The summed E-state index contributed by atoms with van der Waals surface area (Å²) in [5.74, 6) is -0.882. The number of carbonyl (C=O) groups is 4. The topological polar surface area (TPSA) is 124 Å². The second-order valence-corrected chi connectivity index (χ2v) is 8.62. The Bertz CT molecular complexity index is 995. The first kappa shape index (κ1) is 19.6. The Morgan fingerprint density at radius 2 is 1.61 bits per heavy atom. The van der Waals surface area contributed by atoms with Crippen molar-refractivity contribution in [2.24, 2.45) is 35.5 Å². The first-order chi connectivity index (χ1) is 14.9. The van der Waals surface area contributed by atoms with Crippen LogP contribution in [0.5, 0.6) is 0 Å². The maximum Gasteiger partial charge on any atom is 0.308 e. The fourth-order valence-electron chi connectivity index (χ4n) is 5.51. The lowest BCUT2D eigenvalue weighted by Gasteiger charge is -2.37. The van der Waals surface area contributed by atoms with Crippen LogP contribution in [0.2, 0.25) is 0 Å². The Kier molecular flexibility index (Phi) is 4.49. The van der Waals surface area contributed by atoms with Crippen LogP contribution in [0.4, 0.5) is 5.69 Å². The molecule has 0 unspecified atom stereocenters. The number of nitro groups is 1. The third kappa shape index (κ3) is 3.15. The average Bonchev–Trinajstić information content (AvgIpc) is 3.55. The van der Waals surface area contributed by atoms with Crippen molar-refractivity contribution >= 4 is 29.3 Å². The van der Waals surface area contributed by atoms with Gasteiger partial charge in [0.15, 0.2) is 12.4 Å². The van der Waals surface area contributed by atoms with E-state index in [4.69, 9.17) is 4.74 Å². The van der Waals surface area contributed by atoms with Crippen molar-refractivity contribution in [2.45, 2.75) is 12.8 Å². The van der Waals surface area contributed by atoms with Crippen LogP contribution >= 0.6 is 0 Å². The van der Waals surface area contributed by atoms with E-state index in [1.54, 1.807) is 0 Å². The SMILES string of the molecule is O=C(CCN1C(=O)[C@@H]2[C@H]3C=C[C@@H]([C@@H]4C[C@H]34)[C@H]2C1=O)OCC(=O)c1ccc([N+](=O)[O-])cc1. The number of ketones is 1. The number of allylic oxidation sites excluding steroid dienone is 2. The van der Waals surface area contributed by atoms with Gasteiger partial charge < -0.3 is 4.74 Å². The summed E-state index contributed by atoms with van der Waals surface area (Å²) in [6.45, 7) is -0.564. The highest BCUT2D eigenvalue weighted by molar-refractivity contribution is 6.06. The number of nitrogens with zero attached hydrogens (tertiary/aromatic N) is 2. The molecular weight excluding hydrogens is 404 g/mol. The van der Waals surface area contributed by atoms with Crippen LogP contribution in [-0.2, 0) is 19.1 Å². The van der Waals surface area contributed by atoms with E-state index in [0.717, 1.165) is 6.42 Å². The van der Waals surface area contributed by atoms with Crippen molar-refractivity contribution in [1.29, 1.82) is 0 Å². The Labute approximate surface area is 177 Å². The molecule has 2 amide bonds. The molecule has 0 radical (unpaired) electrons. The van der Waals surface area contributed by atoms with Crippen LogP contribution in [0, 0.1) is 45.6 Å². The number of hydrogen-bond donors (Lipinski definition) is 0. The van der Waals surface area contributed by atoms with E-state index in [1.807, 2.05) is 0 Å². The van der Waals surface area contributed by atoms with E-state index in [-0.39, 0.29) is 59.7 Å². The number of ether oxygens (including phenoxy) is 1. The number of non-ortho nitro benzene ring substituents is 1. The zero-order chi connectivity index (χ0) is 21.9. The fraction of sp³-hybridized carbons (Fsp3) is 0.455. The number of amides is 2. The van der Waals surface area contributed by atoms with E-state index in [9.17, 15) is 29.3 Å². The highest BCUT2D eigenvalue weighted by Crippen LogP contribution is 2.65. The number of rotatable bonds is 7. The largest absolute Gasteiger partial charge is 0.457 e. The van der Waals surface area contributed by atoms with Gasteiger partial charge >= 0.3 is 5.97 Å². The van der Waals surface area contributed by atoms with Gasteiger partial charge in [-0.1, -0.05) is 12.2 Å². The molecule has 6 atom stereocenters. The molecular formula is C22H20N2O7. The van der Waals surface area contributed by atoms with Crippen molar-refractivity contribution < 1.29 is 28.8 Å². The van der Waals surface area contributed by atoms with Crippen molar-refractivity contribution in [3.8, 4) is 0 Å². The number of likely N-dealkylation sites (tertiary alicyclic amines) is 1. The number of hydrogen-bond acceptors (Lipinski definition) is 7. The molecule has 1 aliphatic heterocycles. The molecule has 0 aromatic heterocycles. The van der Waals surface area contributed by atoms with Crippen molar-refractivity contribution in [3.05, 3.63) is 52.1 Å². The number of benzene rings is 1. The van der Waals surface area contributed by atoms with Gasteiger partial charge in [-0.05, 0) is 42.2 Å². The molecule has 1 aromatic carbocycles. The van der Waals surface area contributed by atoms with Gasteiger partial charge in [-0.3, -0.25) is 34.2 Å². The average molecular weight is 424 g/mol. The predicted molar refractivity (Wildman–Crippen MR) is 104 cm³/mol. The quantitative estimate of drug-likeness (QED) is 0.163. The maximum atomic E-state index is 12.9. The summed E-state index contributed by atoms with van der Waals surface area (Å²) in [7, 11) is 0. The van der Waals surface area contributed by atoms with Gasteiger partial charge in [0.05, 0.1) is 23.2 Å². The molecule has 9 heteroatoms. The van der Waals surface area contributed by atoms with Gasteiger partial charge in [-0.2, -0.15) is 0 Å². The van der Waals surface area contributed by atoms with Crippen LogP contribution in [0.1, 0.15) is 23.2 Å². The van der Waals surface area contributed by atoms with Gasteiger partial charge in [-0.25, -0.2) is 0 Å². The Morgan fingerprint density at radius 1 is 1.03 bits per heavy atom. The standard InChI is InChI=1S/C22H20N2O7/c25-17(11-1-3-12(4-2-11)24(29)30)10-31-18(26)7-8-23-21(27)19-13-5-6-14(16-9-15(13)16)20(19)22(23)28/h1-6,13-16,19-20H,7-10H2/t13-,14-,15-,16+,19+,20+/m0/s1. The highest BCUT2D eigenvalue weighted by Gasteiger charge is 2.66. The molecule has 0 spiro atoms. The van der Waals surface area contributed by atoms with Crippen molar-refractivity contribution in [2.75, 3.05) is 13.2 Å². The summed E-state index contributed by atoms with van der Waals surface area (Å²) in [6.07, 6.45) is 5.09. The van der Waals surface area contributed by atoms with E-state index < -0.39 is 23.3 Å². The minimum atomic E-state index is -0.685. The number of Topliss-reactive ketones (excluding diaryl/α,β-unsaturated/α-hetero) is 1. The van der Waals surface area contributed by atoms with Crippen molar-refractivity contribution in [1.82, 2.24) is 4.90 Å². The molecule has 9 nitrogen and oxygen atoms in total. The summed E-state index contributed by atoms with van der Waals surface area (Å²) in [6, 6.07) is 4.99. The summed E-state index contributed by atoms with van der Waals surface area (Å²) >= 11 is 0. The summed E-state index contributed by atoms with van der Waals surface area (Å²) in [5.41, 5.74) is 0.0453. The molecule has 31 heavy (non-hydrogen) atoms. The Balaban J connectivity index is 1.14. The third-order valence-electron chi connectivity index (χ3n) is 7.06. The zero-order valence-corrected chi connectivity index (χ0v) is 16.5. The lowest BCUT2D eigenvalue weighted by atomic mass is 9.63. The second kappa shape index (κ2) is 7.11. The fourth-order valence-corrected chi connectivity index (χ4v) is 5.51. The van der Waals surface area contributed by atoms with Crippen LogP contribution < -0.4 is 0 Å². The summed E-state index contributed by atoms with van der Waals surface area (Å²) in [4.78, 5) is 61.2. The zero-order valence-electron chi connectivity index (χ0n) is 16.5. The molecule has 6 rings (SSSR count). The maximum absolute atomic E-state index is 12.9. The minimum absolute atomic E-state index is 0.0516. The molecule has 1 heterocycles. The second-order valence-electron chi connectivity index (χ2n) is 8.62. The molecule has 0 N–H and O–H groups in total. The number of imide groups is 1. The molecule has 160 valence electrons. The molecule has 1 saturated heterocycles. The van der Waals surface area contributed by atoms with Gasteiger partial charge in [0.1, 0.15) is 0 Å². The molecule has 1 aromatic rings. The Hall–Kier alpha value is -3.36. The third-order valence-corrected chi connectivity index (χ3v) is 7.06. The van der Waals surface area contributed by atoms with E-state index in [1.165, 1.54) is 29.2 Å². The molecule has 5 aliphatic rings. The molecule has 3 fully saturated rings. The predicted octanol–water partition coefficient (Wildman–Crippen LogP) is 1.76. The van der Waals surface area contributed by atoms with E-state index in [2.05, 4.69) is 12.2 Å². The van der Waals surface area contributed by atoms with Crippen LogP contribution in [0.15, 0.2) is 36.4 Å². The first-order valence-electron chi connectivity index (χ1n) is 10.3. The monoisotopic (exact) mass is 424 g/mol. The lowest BCUT2D eigenvalue weighted by Crippen LogP contribution is -2.40.